The van der Waals surface area contributed by atoms with E-state index in [0.717, 1.165) is 11.1 Å². The lowest BCUT2D eigenvalue weighted by molar-refractivity contribution is -0.136. The van der Waals surface area contributed by atoms with Crippen molar-refractivity contribution in [1.29, 1.82) is 0 Å². The highest BCUT2D eigenvalue weighted by atomic mass is 19.4. The lowest BCUT2D eigenvalue weighted by Crippen LogP contribution is -2.26. The zero-order chi connectivity index (χ0) is 20.5. The molecular formula is C18H18F3N5O2. The topological polar surface area (TPSA) is 94.5 Å². The largest absolute Gasteiger partial charge is 0.481 e. The molecule has 0 radical (unpaired) electrons. The Labute approximate surface area is 158 Å². The van der Waals surface area contributed by atoms with Crippen molar-refractivity contribution in [2.24, 2.45) is 5.73 Å². The maximum atomic E-state index is 12.7. The molecular weight excluding hydrogens is 375 g/mol. The summed E-state index contributed by atoms with van der Waals surface area (Å²) < 4.78 is 44.6. The van der Waals surface area contributed by atoms with Crippen LogP contribution in [0.25, 0.3) is 16.6 Å². The molecule has 0 fully saturated rings. The lowest BCUT2D eigenvalue weighted by Gasteiger charge is -2.19. The molecule has 1 unspecified atom stereocenters. The number of aromatic nitrogens is 3. The number of amides is 1. The van der Waals surface area contributed by atoms with Crippen LogP contribution < -0.4 is 15.8 Å². The lowest BCUT2D eigenvalue weighted by atomic mass is 10.1. The van der Waals surface area contributed by atoms with Crippen LogP contribution in [0.1, 0.15) is 23.7 Å². The van der Waals surface area contributed by atoms with E-state index < -0.39 is 24.5 Å². The van der Waals surface area contributed by atoms with E-state index in [1.54, 1.807) is 30.6 Å². The predicted molar refractivity (Wildman–Crippen MR) is 97.2 cm³/mol. The third-order valence-corrected chi connectivity index (χ3v) is 4.11. The Hall–Kier alpha value is -3.30. The number of carbonyl (C=O) groups is 1. The van der Waals surface area contributed by atoms with E-state index in [4.69, 9.17) is 10.5 Å². The number of nitrogens with two attached hydrogens (primary N) is 1. The van der Waals surface area contributed by atoms with E-state index in [1.807, 2.05) is 0 Å². The van der Waals surface area contributed by atoms with Crippen molar-refractivity contribution in [3.05, 3.63) is 42.4 Å². The number of methoxy groups -OCH3 is 1. The summed E-state index contributed by atoms with van der Waals surface area (Å²) in [6, 6.07) is 4.20. The number of alkyl halides is 3. The predicted octanol–water partition coefficient (Wildman–Crippen LogP) is 3.26. The molecule has 3 N–H and O–H groups in total. The summed E-state index contributed by atoms with van der Waals surface area (Å²) in [6.07, 6.45) is -0.889. The normalized spacial score (nSPS) is 12.8. The van der Waals surface area contributed by atoms with Gasteiger partial charge in [0.2, 0.25) is 5.88 Å². The molecule has 0 aliphatic carbocycles. The first-order valence-electron chi connectivity index (χ1n) is 8.33. The van der Waals surface area contributed by atoms with Crippen molar-refractivity contribution >= 4 is 17.1 Å². The van der Waals surface area contributed by atoms with Crippen LogP contribution >= 0.6 is 0 Å². The molecule has 0 spiro atoms. The van der Waals surface area contributed by atoms with Gasteiger partial charge in [-0.05, 0) is 19.1 Å². The van der Waals surface area contributed by atoms with Crippen LogP contribution in [-0.2, 0) is 0 Å². The van der Waals surface area contributed by atoms with Crippen LogP contribution in [0.5, 0.6) is 5.88 Å². The van der Waals surface area contributed by atoms with E-state index in [1.165, 1.54) is 24.7 Å². The zero-order valence-corrected chi connectivity index (χ0v) is 15.1. The fourth-order valence-electron chi connectivity index (χ4n) is 2.87. The Morgan fingerprint density at radius 1 is 1.32 bits per heavy atom. The van der Waals surface area contributed by atoms with Crippen LogP contribution in [0.4, 0.5) is 18.9 Å². The van der Waals surface area contributed by atoms with Gasteiger partial charge in [0.25, 0.3) is 5.91 Å². The van der Waals surface area contributed by atoms with Gasteiger partial charge >= 0.3 is 6.18 Å². The van der Waals surface area contributed by atoms with Gasteiger partial charge in [-0.3, -0.25) is 4.79 Å². The van der Waals surface area contributed by atoms with Crippen LogP contribution in [0.3, 0.4) is 0 Å². The first kappa shape index (κ1) is 19.5. The third kappa shape index (κ3) is 4.16. The minimum atomic E-state index is -4.34. The molecule has 3 aromatic heterocycles. The molecule has 3 aromatic rings. The quantitative estimate of drug-likeness (QED) is 0.670. The van der Waals surface area contributed by atoms with Gasteiger partial charge in [-0.15, -0.1) is 0 Å². The van der Waals surface area contributed by atoms with Gasteiger partial charge < -0.3 is 15.8 Å². The molecule has 0 aliphatic rings. The Kier molecular flexibility index (Phi) is 5.12. The van der Waals surface area contributed by atoms with Gasteiger partial charge in [0.1, 0.15) is 0 Å². The average Bonchev–Trinajstić information content (AvgIpc) is 3.05. The number of carbonyl (C=O) groups excluding carboxylic acids is 1. The second-order valence-corrected chi connectivity index (χ2v) is 6.31. The van der Waals surface area contributed by atoms with Crippen LogP contribution in [-0.4, -0.2) is 39.8 Å². The molecule has 0 bridgehead atoms. The molecule has 10 heteroatoms. The second kappa shape index (κ2) is 7.37. The SMILES string of the molecule is COc1ccc(-c2cc3c(NC(C)CC(F)(F)F)c(C(N)=O)cnn3c2)cn1. The number of pyridine rings is 1. The number of nitrogens with one attached hydrogen (secondary N) is 1. The number of hydrogen-bond donors (Lipinski definition) is 2. The highest BCUT2D eigenvalue weighted by Gasteiger charge is 2.30. The van der Waals surface area contributed by atoms with Crippen molar-refractivity contribution in [1.82, 2.24) is 14.6 Å². The van der Waals surface area contributed by atoms with E-state index in [9.17, 15) is 18.0 Å². The zero-order valence-electron chi connectivity index (χ0n) is 15.1. The van der Waals surface area contributed by atoms with Crippen molar-refractivity contribution in [3.8, 4) is 17.0 Å². The fraction of sp³-hybridized carbons (Fsp3) is 0.278. The molecule has 148 valence electrons. The molecule has 1 atom stereocenters. The fourth-order valence-corrected chi connectivity index (χ4v) is 2.87. The van der Waals surface area contributed by atoms with Gasteiger partial charge in [0.15, 0.2) is 0 Å². The summed E-state index contributed by atoms with van der Waals surface area (Å²) in [5.74, 6) is -0.337. The van der Waals surface area contributed by atoms with Crippen molar-refractivity contribution < 1.29 is 22.7 Å². The maximum absolute atomic E-state index is 12.7. The Morgan fingerprint density at radius 3 is 2.64 bits per heavy atom. The number of primary amides is 1. The molecule has 0 aliphatic heterocycles. The van der Waals surface area contributed by atoms with Gasteiger partial charge in [-0.2, -0.15) is 18.3 Å². The smallest absolute Gasteiger partial charge is 0.391 e. The van der Waals surface area contributed by atoms with E-state index >= 15 is 0 Å². The molecule has 3 rings (SSSR count). The van der Waals surface area contributed by atoms with Crippen molar-refractivity contribution in [2.75, 3.05) is 12.4 Å². The van der Waals surface area contributed by atoms with Gasteiger partial charge in [0.05, 0.1) is 36.5 Å². The second-order valence-electron chi connectivity index (χ2n) is 6.31. The van der Waals surface area contributed by atoms with E-state index in [-0.39, 0.29) is 11.3 Å². The number of rotatable bonds is 6. The average molecular weight is 393 g/mol. The molecule has 0 saturated carbocycles. The van der Waals surface area contributed by atoms with Crippen molar-refractivity contribution in [3.63, 3.8) is 0 Å². The summed E-state index contributed by atoms with van der Waals surface area (Å²) in [4.78, 5) is 15.9. The Morgan fingerprint density at radius 2 is 2.07 bits per heavy atom. The van der Waals surface area contributed by atoms with Crippen LogP contribution in [0, 0.1) is 0 Å². The maximum Gasteiger partial charge on any atom is 0.391 e. The summed E-state index contributed by atoms with van der Waals surface area (Å²) in [6.45, 7) is 1.38. The summed E-state index contributed by atoms with van der Waals surface area (Å²) >= 11 is 0. The molecule has 28 heavy (non-hydrogen) atoms. The number of hydrogen-bond acceptors (Lipinski definition) is 5. The highest BCUT2D eigenvalue weighted by molar-refractivity contribution is 6.02. The summed E-state index contributed by atoms with van der Waals surface area (Å²) in [5, 5.41) is 6.89. The Balaban J connectivity index is 2.05. The molecule has 1 amide bonds. The first-order chi connectivity index (χ1) is 13.2. The van der Waals surface area contributed by atoms with Gasteiger partial charge in [0, 0.05) is 35.6 Å². The molecule has 7 nitrogen and oxygen atoms in total. The highest BCUT2D eigenvalue weighted by Crippen LogP contribution is 2.30. The van der Waals surface area contributed by atoms with Crippen molar-refractivity contribution in [2.45, 2.75) is 25.6 Å². The van der Waals surface area contributed by atoms with E-state index in [0.29, 0.717) is 11.4 Å². The van der Waals surface area contributed by atoms with Crippen LogP contribution in [0.2, 0.25) is 0 Å². The number of ether oxygens (including phenoxy) is 1. The summed E-state index contributed by atoms with van der Waals surface area (Å²) in [7, 11) is 1.50. The third-order valence-electron chi connectivity index (χ3n) is 4.11. The van der Waals surface area contributed by atoms with E-state index in [2.05, 4.69) is 15.4 Å². The molecule has 3 heterocycles. The Bertz CT molecular complexity index is 999. The van der Waals surface area contributed by atoms with Gasteiger partial charge in [-0.1, -0.05) is 0 Å². The minimum Gasteiger partial charge on any atom is -0.481 e. The van der Waals surface area contributed by atoms with Crippen LogP contribution in [0.15, 0.2) is 36.8 Å². The monoisotopic (exact) mass is 393 g/mol. The van der Waals surface area contributed by atoms with Gasteiger partial charge in [-0.25, -0.2) is 9.50 Å². The first-order valence-corrected chi connectivity index (χ1v) is 8.33. The molecule has 0 saturated heterocycles. The minimum absolute atomic E-state index is 0.0130. The number of halogens is 3. The summed E-state index contributed by atoms with van der Waals surface area (Å²) in [5.41, 5.74) is 7.49. The molecule has 0 aromatic carbocycles. The number of nitrogens with zero attached hydrogens (tertiary/aromatic N) is 3. The standard InChI is InChI=1S/C18H18F3N5O2/c1-10(6-18(19,20)21)25-16-13(17(22)27)8-24-26-9-12(5-14(16)26)11-3-4-15(28-2)23-7-11/h3-5,7-10,25H,6H2,1-2H3,(H2,22,27). The number of anilines is 1. The number of fused-ring (bicyclic) bond motifs is 1.